The molecular weight excluding hydrogens is 296 g/mol. The van der Waals surface area contributed by atoms with Gasteiger partial charge in [0.15, 0.2) is 0 Å². The first-order chi connectivity index (χ1) is 11.9. The minimum absolute atomic E-state index is 0.877. The van der Waals surface area contributed by atoms with Crippen molar-refractivity contribution in [2.24, 2.45) is 5.10 Å². The van der Waals surface area contributed by atoms with E-state index in [-0.39, 0.29) is 0 Å². The highest BCUT2D eigenvalue weighted by Crippen LogP contribution is 2.25. The summed E-state index contributed by atoms with van der Waals surface area (Å²) < 4.78 is 0. The zero-order chi connectivity index (χ0) is 16.2. The van der Waals surface area contributed by atoms with Gasteiger partial charge in [0, 0.05) is 36.1 Å². The maximum Gasteiger partial charge on any atom is 0.116 e. The highest BCUT2D eigenvalue weighted by atomic mass is 15.3. The predicted octanol–water partition coefficient (Wildman–Crippen LogP) is 3.80. The number of hydrazone groups is 1. The summed E-state index contributed by atoms with van der Waals surface area (Å²) in [4.78, 5) is 8.72. The lowest BCUT2D eigenvalue weighted by Gasteiger charge is -2.15. The average molecular weight is 314 g/mol. The second-order valence-electron chi connectivity index (χ2n) is 5.78. The molecule has 1 N–H and O–H groups in total. The van der Waals surface area contributed by atoms with Crippen molar-refractivity contribution in [1.29, 1.82) is 0 Å². The highest BCUT2D eigenvalue weighted by Gasteiger charge is 2.15. The van der Waals surface area contributed by atoms with Crippen LogP contribution in [0.2, 0.25) is 0 Å². The van der Waals surface area contributed by atoms with Gasteiger partial charge in [-0.05, 0) is 48.1 Å². The summed E-state index contributed by atoms with van der Waals surface area (Å²) in [6.45, 7) is 0.877. The molecule has 0 fully saturated rings. The van der Waals surface area contributed by atoms with E-state index in [1.54, 1.807) is 6.20 Å². The first-order valence-electron chi connectivity index (χ1n) is 8.18. The van der Waals surface area contributed by atoms with E-state index in [1.165, 1.54) is 5.39 Å². The molecule has 24 heavy (non-hydrogen) atoms. The monoisotopic (exact) mass is 314 g/mol. The molecule has 4 nitrogen and oxygen atoms in total. The molecule has 1 aliphatic rings. The van der Waals surface area contributed by atoms with Crippen LogP contribution in [0.1, 0.15) is 24.1 Å². The topological polar surface area (TPSA) is 50.2 Å². The van der Waals surface area contributed by atoms with E-state index >= 15 is 0 Å². The first-order valence-corrected chi connectivity index (χ1v) is 8.18. The van der Waals surface area contributed by atoms with Gasteiger partial charge in [0.25, 0.3) is 0 Å². The van der Waals surface area contributed by atoms with Gasteiger partial charge in [0.1, 0.15) is 5.71 Å². The predicted molar refractivity (Wildman–Crippen MR) is 97.7 cm³/mol. The molecule has 0 radical (unpaired) electrons. The summed E-state index contributed by atoms with van der Waals surface area (Å²) in [6.07, 6.45) is 9.88. The van der Waals surface area contributed by atoms with Crippen LogP contribution in [0, 0.1) is 0 Å². The van der Waals surface area contributed by atoms with Crippen molar-refractivity contribution in [2.75, 3.05) is 6.54 Å². The van der Waals surface area contributed by atoms with Crippen LogP contribution in [-0.4, -0.2) is 22.2 Å². The molecule has 4 heteroatoms. The lowest BCUT2D eigenvalue weighted by molar-refractivity contribution is 0.687. The number of nitrogens with one attached hydrogen (secondary N) is 1. The largest absolute Gasteiger partial charge is 0.309 e. The lowest BCUT2D eigenvalue weighted by Crippen LogP contribution is -2.17. The first kappa shape index (κ1) is 14.6. The molecule has 3 heterocycles. The van der Waals surface area contributed by atoms with Gasteiger partial charge in [-0.1, -0.05) is 24.3 Å². The molecule has 1 aromatic carbocycles. The van der Waals surface area contributed by atoms with Gasteiger partial charge in [-0.15, -0.1) is 0 Å². The molecule has 0 aliphatic carbocycles. The fourth-order valence-electron chi connectivity index (χ4n) is 2.92. The highest BCUT2D eigenvalue weighted by molar-refractivity contribution is 6.31. The van der Waals surface area contributed by atoms with Gasteiger partial charge >= 0.3 is 0 Å². The summed E-state index contributed by atoms with van der Waals surface area (Å²) >= 11 is 0. The minimum Gasteiger partial charge on any atom is -0.309 e. The Morgan fingerprint density at radius 2 is 1.96 bits per heavy atom. The summed E-state index contributed by atoms with van der Waals surface area (Å²) in [5.41, 5.74) is 7.19. The molecule has 0 spiro atoms. The van der Waals surface area contributed by atoms with Crippen LogP contribution >= 0.6 is 0 Å². The van der Waals surface area contributed by atoms with Gasteiger partial charge in [0.05, 0.1) is 5.69 Å². The van der Waals surface area contributed by atoms with Crippen molar-refractivity contribution >= 4 is 22.1 Å². The Morgan fingerprint density at radius 3 is 2.88 bits per heavy atom. The quantitative estimate of drug-likeness (QED) is 0.782. The van der Waals surface area contributed by atoms with Crippen molar-refractivity contribution in [3.63, 3.8) is 0 Å². The van der Waals surface area contributed by atoms with Crippen molar-refractivity contribution in [3.8, 4) is 0 Å². The Balaban J connectivity index is 1.84. The minimum atomic E-state index is 0.877. The summed E-state index contributed by atoms with van der Waals surface area (Å²) in [5.74, 6) is 0. The van der Waals surface area contributed by atoms with Crippen molar-refractivity contribution in [2.45, 2.75) is 12.8 Å². The van der Waals surface area contributed by atoms with Crippen LogP contribution in [0.5, 0.6) is 0 Å². The molecule has 0 saturated heterocycles. The smallest absolute Gasteiger partial charge is 0.116 e. The van der Waals surface area contributed by atoms with E-state index in [0.717, 1.165) is 47.3 Å². The second-order valence-corrected chi connectivity index (χ2v) is 5.78. The zero-order valence-electron chi connectivity index (χ0n) is 13.3. The molecule has 0 amide bonds. The van der Waals surface area contributed by atoms with E-state index in [1.807, 2.05) is 36.7 Å². The van der Waals surface area contributed by atoms with Crippen LogP contribution < -0.4 is 5.43 Å². The summed E-state index contributed by atoms with van der Waals surface area (Å²) in [6, 6.07) is 14.4. The molecule has 0 bridgehead atoms. The molecule has 0 saturated carbocycles. The maximum absolute atomic E-state index is 4.61. The second kappa shape index (κ2) is 6.62. The maximum atomic E-state index is 4.61. The Labute approximate surface area is 141 Å². The molecular formula is C20H18N4. The van der Waals surface area contributed by atoms with E-state index in [0.29, 0.717) is 0 Å². The molecule has 3 aromatic rings. The van der Waals surface area contributed by atoms with Crippen molar-refractivity contribution < 1.29 is 0 Å². The van der Waals surface area contributed by atoms with Gasteiger partial charge < -0.3 is 5.43 Å². The normalized spacial score (nSPS) is 19.3. The lowest BCUT2D eigenvalue weighted by atomic mass is 9.95. The number of hydrogen-bond acceptors (Lipinski definition) is 4. The van der Waals surface area contributed by atoms with Crippen LogP contribution in [0.3, 0.4) is 0 Å². The van der Waals surface area contributed by atoms with E-state index in [9.17, 15) is 0 Å². The van der Waals surface area contributed by atoms with Crippen molar-refractivity contribution in [1.82, 2.24) is 15.4 Å². The summed E-state index contributed by atoms with van der Waals surface area (Å²) in [7, 11) is 0. The Hall–Kier alpha value is -3.01. The van der Waals surface area contributed by atoms with Gasteiger partial charge in [-0.3, -0.25) is 9.97 Å². The number of fused-ring (bicyclic) bond motifs is 1. The number of allylic oxidation sites excluding steroid dienone is 2. The third-order valence-electron chi connectivity index (χ3n) is 4.15. The average Bonchev–Trinajstić information content (AvgIpc) is 2.62. The van der Waals surface area contributed by atoms with Crippen LogP contribution in [0.25, 0.3) is 16.3 Å². The fraction of sp³-hybridized carbons (Fsp3) is 0.150. The van der Waals surface area contributed by atoms with Crippen LogP contribution in [-0.2, 0) is 0 Å². The molecule has 1 aliphatic heterocycles. The number of rotatable bonds is 2. The molecule has 4 rings (SSSR count). The van der Waals surface area contributed by atoms with E-state index in [2.05, 4.69) is 44.8 Å². The fourth-order valence-corrected chi connectivity index (χ4v) is 2.92. The van der Waals surface area contributed by atoms with Gasteiger partial charge in [-0.25, -0.2) is 0 Å². The van der Waals surface area contributed by atoms with Gasteiger partial charge in [0.2, 0.25) is 0 Å². The number of nitrogens with zero attached hydrogens (tertiary/aromatic N) is 3. The van der Waals surface area contributed by atoms with E-state index in [4.69, 9.17) is 0 Å². The Kier molecular flexibility index (Phi) is 4.02. The Morgan fingerprint density at radius 1 is 0.958 bits per heavy atom. The molecule has 2 aromatic heterocycles. The van der Waals surface area contributed by atoms with Crippen LogP contribution in [0.15, 0.2) is 72.2 Å². The summed E-state index contributed by atoms with van der Waals surface area (Å²) in [5, 5.41) is 6.93. The van der Waals surface area contributed by atoms with Gasteiger partial charge in [-0.2, -0.15) is 5.10 Å². The molecule has 0 atom stereocenters. The number of hydrogen-bond donors (Lipinski definition) is 1. The van der Waals surface area contributed by atoms with Crippen molar-refractivity contribution in [3.05, 3.63) is 78.4 Å². The standard InChI is InChI=1S/C20H18N4/c1-4-11-23-24-20(19-6-2-3-10-22-19)18(5-1)16-8-7-15-9-12-21-14-17(15)13-16/h2-3,5-10,12-14,23H,1,4,11H2/b18-5+,24-20+. The van der Waals surface area contributed by atoms with E-state index < -0.39 is 0 Å². The number of aromatic nitrogens is 2. The number of pyridine rings is 2. The van der Waals surface area contributed by atoms with Crippen LogP contribution in [0.4, 0.5) is 0 Å². The molecule has 0 unspecified atom stereocenters. The number of benzene rings is 1. The molecule has 118 valence electrons. The Bertz CT molecular complexity index is 913. The third kappa shape index (κ3) is 2.91. The zero-order valence-corrected chi connectivity index (χ0v) is 13.3. The SMILES string of the molecule is C1=C(c2ccc3ccncc3c2)/C(c2ccccn2)=N\NCCC/1. The third-order valence-corrected chi connectivity index (χ3v) is 4.15.